The van der Waals surface area contributed by atoms with Gasteiger partial charge in [0.1, 0.15) is 0 Å². The zero-order chi connectivity index (χ0) is 22.3. The number of rotatable bonds is 5. The van der Waals surface area contributed by atoms with E-state index in [0.717, 1.165) is 23.8 Å². The fourth-order valence-corrected chi connectivity index (χ4v) is 3.68. The fraction of sp³-hybridized carbons (Fsp3) is 0.0909. The molecule has 154 valence electrons. The minimum absolute atomic E-state index is 0.0257. The lowest BCUT2D eigenvalue weighted by Crippen LogP contribution is -2.27. The first-order valence-corrected chi connectivity index (χ1v) is 9.29. The maximum absolute atomic E-state index is 13.1. The number of nitro groups is 2. The third kappa shape index (κ3) is 3.42. The van der Waals surface area contributed by atoms with Crippen LogP contribution in [0.3, 0.4) is 0 Å². The minimum atomic E-state index is -0.684. The van der Waals surface area contributed by atoms with Crippen molar-refractivity contribution in [1.29, 1.82) is 0 Å². The van der Waals surface area contributed by atoms with Gasteiger partial charge in [0.25, 0.3) is 17.3 Å². The number of benzene rings is 3. The Morgan fingerprint density at radius 1 is 0.871 bits per heavy atom. The van der Waals surface area contributed by atoms with Crippen LogP contribution in [-0.2, 0) is 0 Å². The number of ketones is 1. The Kier molecular flexibility index (Phi) is 4.78. The number of carbonyl (C=O) groups is 2. The smallest absolute Gasteiger partial charge is 0.271 e. The summed E-state index contributed by atoms with van der Waals surface area (Å²) in [5, 5.41) is 25.3. The topological polar surface area (TPSA) is 132 Å². The zero-order valence-corrected chi connectivity index (χ0v) is 16.2. The number of amides is 1. The third-order valence-corrected chi connectivity index (χ3v) is 5.20. The predicted molar refractivity (Wildman–Crippen MR) is 111 cm³/mol. The van der Waals surface area contributed by atoms with Gasteiger partial charge in [0.15, 0.2) is 5.78 Å². The third-order valence-electron chi connectivity index (χ3n) is 5.20. The zero-order valence-electron chi connectivity index (χ0n) is 16.2. The van der Waals surface area contributed by atoms with E-state index in [1.54, 1.807) is 6.92 Å². The highest BCUT2D eigenvalue weighted by molar-refractivity contribution is 6.25. The number of nitrogens with zero attached hydrogens (tertiary/aromatic N) is 2. The molecule has 1 N–H and O–H groups in total. The lowest BCUT2D eigenvalue weighted by Gasteiger charge is -2.16. The maximum atomic E-state index is 13.1. The molecule has 1 atom stereocenters. The molecule has 0 aliphatic heterocycles. The van der Waals surface area contributed by atoms with Crippen LogP contribution in [0.2, 0.25) is 0 Å². The highest BCUT2D eigenvalue weighted by Crippen LogP contribution is 2.42. The summed E-state index contributed by atoms with van der Waals surface area (Å²) in [4.78, 5) is 47.2. The van der Waals surface area contributed by atoms with Gasteiger partial charge < -0.3 is 5.32 Å². The molecule has 0 saturated heterocycles. The Balaban J connectivity index is 1.83. The molecule has 31 heavy (non-hydrogen) atoms. The van der Waals surface area contributed by atoms with Crippen molar-refractivity contribution in [1.82, 2.24) is 5.32 Å². The molecule has 0 spiro atoms. The molecule has 1 unspecified atom stereocenters. The van der Waals surface area contributed by atoms with E-state index in [-0.39, 0.29) is 27.9 Å². The molecule has 0 radical (unpaired) electrons. The summed E-state index contributed by atoms with van der Waals surface area (Å²) < 4.78 is 0. The van der Waals surface area contributed by atoms with Crippen molar-refractivity contribution in [2.24, 2.45) is 0 Å². The molecule has 0 fully saturated rings. The van der Waals surface area contributed by atoms with E-state index in [1.165, 1.54) is 12.1 Å². The normalized spacial score (nSPS) is 12.6. The molecule has 0 bridgehead atoms. The number of hydrogen-bond acceptors (Lipinski definition) is 6. The first-order chi connectivity index (χ1) is 14.8. The second kappa shape index (κ2) is 7.45. The monoisotopic (exact) mass is 417 g/mol. The quantitative estimate of drug-likeness (QED) is 0.382. The van der Waals surface area contributed by atoms with Gasteiger partial charge in [-0.05, 0) is 24.1 Å². The van der Waals surface area contributed by atoms with Gasteiger partial charge in [0, 0.05) is 41.0 Å². The van der Waals surface area contributed by atoms with Crippen LogP contribution >= 0.6 is 0 Å². The van der Waals surface area contributed by atoms with Crippen molar-refractivity contribution >= 4 is 23.1 Å². The van der Waals surface area contributed by atoms with Gasteiger partial charge in [-0.3, -0.25) is 29.8 Å². The molecule has 0 heterocycles. The van der Waals surface area contributed by atoms with E-state index in [2.05, 4.69) is 5.32 Å². The largest absolute Gasteiger partial charge is 0.345 e. The predicted octanol–water partition coefficient (Wildman–Crippen LogP) is 4.21. The summed E-state index contributed by atoms with van der Waals surface area (Å²) in [7, 11) is 0. The van der Waals surface area contributed by atoms with E-state index >= 15 is 0 Å². The van der Waals surface area contributed by atoms with Crippen LogP contribution in [0.15, 0.2) is 60.7 Å². The standard InChI is InChI=1S/C22H15N3O6/c1-12(13-5-3-2-4-6-13)23-22(27)19-11-15(25(30)31)10-18-20(19)16-8-7-14(24(28)29)9-17(16)21(18)26/h2-12H,1H3,(H,23,27). The molecule has 3 aromatic carbocycles. The van der Waals surface area contributed by atoms with Crippen LogP contribution in [0.25, 0.3) is 11.1 Å². The molecule has 0 aromatic heterocycles. The molecule has 4 rings (SSSR count). The number of hydrogen-bond donors (Lipinski definition) is 1. The summed E-state index contributed by atoms with van der Waals surface area (Å²) in [6, 6.07) is 14.7. The first kappa shape index (κ1) is 19.9. The molecule has 1 amide bonds. The number of nitro benzene ring substituents is 2. The lowest BCUT2D eigenvalue weighted by molar-refractivity contribution is -0.385. The SMILES string of the molecule is CC(NC(=O)c1cc([N+](=O)[O-])cc2c1-c1ccc([N+](=O)[O-])cc1C2=O)c1ccccc1. The van der Waals surface area contributed by atoms with Crippen molar-refractivity contribution in [2.45, 2.75) is 13.0 Å². The number of carbonyl (C=O) groups excluding carboxylic acids is 2. The van der Waals surface area contributed by atoms with Crippen LogP contribution in [0.4, 0.5) is 11.4 Å². The second-order valence-electron chi connectivity index (χ2n) is 7.09. The van der Waals surface area contributed by atoms with Crippen molar-refractivity contribution in [3.05, 3.63) is 103 Å². The Morgan fingerprint density at radius 2 is 1.52 bits per heavy atom. The van der Waals surface area contributed by atoms with Gasteiger partial charge in [-0.15, -0.1) is 0 Å². The molecule has 0 saturated carbocycles. The van der Waals surface area contributed by atoms with Crippen LogP contribution in [0.1, 0.15) is 44.8 Å². The van der Waals surface area contributed by atoms with Gasteiger partial charge in [0.2, 0.25) is 0 Å². The molecule has 1 aliphatic carbocycles. The summed E-state index contributed by atoms with van der Waals surface area (Å²) >= 11 is 0. The molecule has 3 aromatic rings. The van der Waals surface area contributed by atoms with Gasteiger partial charge in [-0.1, -0.05) is 30.3 Å². The van der Waals surface area contributed by atoms with Crippen molar-refractivity contribution in [3.63, 3.8) is 0 Å². The molecule has 9 heteroatoms. The highest BCUT2D eigenvalue weighted by Gasteiger charge is 2.35. The summed E-state index contributed by atoms with van der Waals surface area (Å²) in [5.74, 6) is -1.18. The molecular formula is C22H15N3O6. The summed E-state index contributed by atoms with van der Waals surface area (Å²) in [6.45, 7) is 1.77. The number of nitrogens with one attached hydrogen (secondary N) is 1. The Morgan fingerprint density at radius 3 is 2.16 bits per heavy atom. The minimum Gasteiger partial charge on any atom is -0.345 e. The fourth-order valence-electron chi connectivity index (χ4n) is 3.68. The van der Waals surface area contributed by atoms with Crippen molar-refractivity contribution < 1.29 is 19.4 Å². The molecule has 1 aliphatic rings. The van der Waals surface area contributed by atoms with E-state index < -0.39 is 33.3 Å². The molecular weight excluding hydrogens is 402 g/mol. The van der Waals surface area contributed by atoms with Crippen LogP contribution < -0.4 is 5.32 Å². The maximum Gasteiger partial charge on any atom is 0.271 e. The number of non-ortho nitro benzene ring substituents is 2. The second-order valence-corrected chi connectivity index (χ2v) is 7.09. The van der Waals surface area contributed by atoms with Crippen LogP contribution in [0.5, 0.6) is 0 Å². The van der Waals surface area contributed by atoms with Crippen molar-refractivity contribution in [3.8, 4) is 11.1 Å². The summed E-state index contributed by atoms with van der Waals surface area (Å²) in [5.41, 5.74) is 0.691. The average Bonchev–Trinajstić information content (AvgIpc) is 3.05. The van der Waals surface area contributed by atoms with Gasteiger partial charge in [-0.2, -0.15) is 0 Å². The van der Waals surface area contributed by atoms with Crippen LogP contribution in [0, 0.1) is 20.2 Å². The van der Waals surface area contributed by atoms with Crippen LogP contribution in [-0.4, -0.2) is 21.5 Å². The van der Waals surface area contributed by atoms with Gasteiger partial charge in [-0.25, -0.2) is 0 Å². The Bertz CT molecular complexity index is 1270. The Hall–Kier alpha value is -4.40. The average molecular weight is 417 g/mol. The first-order valence-electron chi connectivity index (χ1n) is 9.29. The van der Waals surface area contributed by atoms with E-state index in [1.807, 2.05) is 30.3 Å². The van der Waals surface area contributed by atoms with Crippen molar-refractivity contribution in [2.75, 3.05) is 0 Å². The highest BCUT2D eigenvalue weighted by atomic mass is 16.6. The van der Waals surface area contributed by atoms with E-state index in [0.29, 0.717) is 5.56 Å². The van der Waals surface area contributed by atoms with Gasteiger partial charge in [0.05, 0.1) is 21.5 Å². The Labute approximate surface area is 175 Å². The lowest BCUT2D eigenvalue weighted by atomic mass is 9.97. The summed E-state index contributed by atoms with van der Waals surface area (Å²) in [6.07, 6.45) is 0. The van der Waals surface area contributed by atoms with E-state index in [4.69, 9.17) is 0 Å². The number of fused-ring (bicyclic) bond motifs is 3. The van der Waals surface area contributed by atoms with Gasteiger partial charge >= 0.3 is 0 Å². The molecule has 9 nitrogen and oxygen atoms in total. The van der Waals surface area contributed by atoms with E-state index in [9.17, 15) is 29.8 Å².